The molecule has 10 heteroatoms. The largest absolute Gasteiger partial charge is 0.393 e. The van der Waals surface area contributed by atoms with Crippen LogP contribution in [0.2, 0.25) is 0 Å². The van der Waals surface area contributed by atoms with Crippen molar-refractivity contribution in [1.29, 1.82) is 0 Å². The summed E-state index contributed by atoms with van der Waals surface area (Å²) in [4.78, 5) is 9.83. The van der Waals surface area contributed by atoms with Gasteiger partial charge in [0, 0.05) is 19.2 Å². The van der Waals surface area contributed by atoms with Gasteiger partial charge in [-0.2, -0.15) is 5.10 Å². The number of nitro groups is 1. The maximum absolute atomic E-state index is 12.2. The summed E-state index contributed by atoms with van der Waals surface area (Å²) < 4.78 is 28.2. The number of nitro benzene ring substituents is 1. The van der Waals surface area contributed by atoms with Gasteiger partial charge in [-0.05, 0) is 19.1 Å². The number of aryl methyl sites for hydroxylation is 2. The van der Waals surface area contributed by atoms with Gasteiger partial charge in [-0.1, -0.05) is 0 Å². The third kappa shape index (κ3) is 2.94. The Balaban J connectivity index is 2.38. The Morgan fingerprint density at radius 1 is 1.38 bits per heavy atom. The fraction of sp³-hybridized carbons (Fsp3) is 0.182. The fourth-order valence-corrected chi connectivity index (χ4v) is 2.88. The average molecular weight is 311 g/mol. The summed E-state index contributed by atoms with van der Waals surface area (Å²) in [6.45, 7) is 1.72. The molecule has 0 radical (unpaired) electrons. The van der Waals surface area contributed by atoms with Gasteiger partial charge >= 0.3 is 0 Å². The van der Waals surface area contributed by atoms with Crippen LogP contribution in [0, 0.1) is 17.0 Å². The SMILES string of the molecule is Cc1cc(NS(=O)(=O)c2ccc([N+](=O)[O-])c(N)c2)n(C)n1. The van der Waals surface area contributed by atoms with Crippen molar-refractivity contribution in [2.45, 2.75) is 11.8 Å². The summed E-state index contributed by atoms with van der Waals surface area (Å²) in [6, 6.07) is 4.79. The van der Waals surface area contributed by atoms with Crippen molar-refractivity contribution in [1.82, 2.24) is 9.78 Å². The van der Waals surface area contributed by atoms with Gasteiger partial charge in [0.25, 0.3) is 15.7 Å². The second-order valence-electron chi connectivity index (χ2n) is 4.38. The predicted molar refractivity (Wildman–Crippen MR) is 76.3 cm³/mol. The summed E-state index contributed by atoms with van der Waals surface area (Å²) in [5.74, 6) is 0.282. The lowest BCUT2D eigenvalue weighted by atomic mass is 10.3. The maximum atomic E-state index is 12.2. The zero-order chi connectivity index (χ0) is 15.8. The van der Waals surface area contributed by atoms with Crippen molar-refractivity contribution in [2.24, 2.45) is 7.05 Å². The van der Waals surface area contributed by atoms with E-state index in [1.54, 1.807) is 20.0 Å². The lowest BCUT2D eigenvalue weighted by Gasteiger charge is -2.08. The molecule has 0 saturated carbocycles. The number of nitrogens with zero attached hydrogens (tertiary/aromatic N) is 3. The van der Waals surface area contributed by atoms with Crippen molar-refractivity contribution in [3.8, 4) is 0 Å². The summed E-state index contributed by atoms with van der Waals surface area (Å²) in [6.07, 6.45) is 0. The molecular formula is C11H13N5O4S. The zero-order valence-corrected chi connectivity index (χ0v) is 12.1. The normalized spacial score (nSPS) is 11.3. The molecule has 2 aromatic rings. The van der Waals surface area contributed by atoms with Crippen molar-refractivity contribution in [3.63, 3.8) is 0 Å². The van der Waals surface area contributed by atoms with E-state index in [2.05, 4.69) is 9.82 Å². The Bertz CT molecular complexity index is 812. The van der Waals surface area contributed by atoms with Crippen LogP contribution >= 0.6 is 0 Å². The summed E-state index contributed by atoms with van der Waals surface area (Å²) in [7, 11) is -2.31. The van der Waals surface area contributed by atoms with Gasteiger partial charge in [-0.15, -0.1) is 0 Å². The van der Waals surface area contributed by atoms with Crippen LogP contribution < -0.4 is 10.5 Å². The number of benzene rings is 1. The number of hydrogen-bond acceptors (Lipinski definition) is 6. The van der Waals surface area contributed by atoms with E-state index in [0.717, 1.165) is 18.2 Å². The van der Waals surface area contributed by atoms with Gasteiger partial charge in [0.15, 0.2) is 0 Å². The Kier molecular flexibility index (Phi) is 3.56. The van der Waals surface area contributed by atoms with Crippen molar-refractivity contribution in [2.75, 3.05) is 10.5 Å². The minimum Gasteiger partial charge on any atom is -0.393 e. The van der Waals surface area contributed by atoms with E-state index in [1.165, 1.54) is 4.68 Å². The van der Waals surface area contributed by atoms with Crippen LogP contribution in [-0.2, 0) is 17.1 Å². The fourth-order valence-electron chi connectivity index (χ4n) is 1.77. The first-order chi connectivity index (χ1) is 9.70. The molecule has 1 aromatic heterocycles. The van der Waals surface area contributed by atoms with E-state index in [1.807, 2.05) is 0 Å². The van der Waals surface area contributed by atoms with Gasteiger partial charge in [0.05, 0.1) is 15.5 Å². The molecule has 112 valence electrons. The monoisotopic (exact) mass is 311 g/mol. The summed E-state index contributed by atoms with van der Waals surface area (Å²) >= 11 is 0. The topological polar surface area (TPSA) is 133 Å². The number of nitrogen functional groups attached to an aromatic ring is 1. The van der Waals surface area contributed by atoms with Crippen molar-refractivity contribution >= 4 is 27.2 Å². The molecule has 0 aliphatic carbocycles. The molecule has 1 aromatic carbocycles. The van der Waals surface area contributed by atoms with E-state index in [4.69, 9.17) is 5.73 Å². The van der Waals surface area contributed by atoms with Crippen LogP contribution in [0.3, 0.4) is 0 Å². The zero-order valence-electron chi connectivity index (χ0n) is 11.3. The van der Waals surface area contributed by atoms with Crippen molar-refractivity contribution in [3.05, 3.63) is 40.1 Å². The lowest BCUT2D eigenvalue weighted by molar-refractivity contribution is -0.383. The molecule has 0 spiro atoms. The first kappa shape index (κ1) is 14.8. The first-order valence-corrected chi connectivity index (χ1v) is 7.26. The highest BCUT2D eigenvalue weighted by atomic mass is 32.2. The molecule has 0 fully saturated rings. The molecule has 0 bridgehead atoms. The first-order valence-electron chi connectivity index (χ1n) is 5.78. The highest BCUT2D eigenvalue weighted by Gasteiger charge is 2.20. The van der Waals surface area contributed by atoms with Crippen molar-refractivity contribution < 1.29 is 13.3 Å². The number of hydrogen-bond donors (Lipinski definition) is 2. The average Bonchev–Trinajstić information content (AvgIpc) is 2.66. The predicted octanol–water partition coefficient (Wildman–Crippen LogP) is 1.02. The molecular weight excluding hydrogens is 298 g/mol. The van der Waals surface area contributed by atoms with Crippen LogP contribution in [0.1, 0.15) is 5.69 Å². The van der Waals surface area contributed by atoms with Gasteiger partial charge in [-0.25, -0.2) is 8.42 Å². The highest BCUT2D eigenvalue weighted by Crippen LogP contribution is 2.25. The third-order valence-corrected chi connectivity index (χ3v) is 4.10. The Hall–Kier alpha value is -2.62. The molecule has 0 unspecified atom stereocenters. The van der Waals surface area contributed by atoms with E-state index in [9.17, 15) is 18.5 Å². The molecule has 0 saturated heterocycles. The molecule has 9 nitrogen and oxygen atoms in total. The number of anilines is 2. The van der Waals surface area contributed by atoms with Crippen LogP contribution in [-0.4, -0.2) is 23.1 Å². The van der Waals surface area contributed by atoms with E-state index in [0.29, 0.717) is 5.69 Å². The Morgan fingerprint density at radius 3 is 2.52 bits per heavy atom. The molecule has 2 rings (SSSR count). The minimum absolute atomic E-state index is 0.163. The van der Waals surface area contributed by atoms with Gasteiger partial charge in [-0.3, -0.25) is 19.5 Å². The standard InChI is InChI=1S/C11H13N5O4S/c1-7-5-11(15(2)13-7)14-21(19,20)8-3-4-10(16(17)18)9(12)6-8/h3-6,14H,12H2,1-2H3. The summed E-state index contributed by atoms with van der Waals surface area (Å²) in [5, 5.41) is 14.7. The van der Waals surface area contributed by atoms with Crippen LogP contribution in [0.15, 0.2) is 29.2 Å². The number of nitrogens with two attached hydrogens (primary N) is 1. The van der Waals surface area contributed by atoms with Crippen LogP contribution in [0.4, 0.5) is 17.2 Å². The Labute approximate surface area is 120 Å². The molecule has 21 heavy (non-hydrogen) atoms. The van der Waals surface area contributed by atoms with Gasteiger partial charge in [0.2, 0.25) is 0 Å². The van der Waals surface area contributed by atoms with Gasteiger partial charge < -0.3 is 5.73 Å². The number of nitrogens with one attached hydrogen (secondary N) is 1. The number of rotatable bonds is 4. The molecule has 0 amide bonds. The smallest absolute Gasteiger partial charge is 0.292 e. The van der Waals surface area contributed by atoms with E-state index >= 15 is 0 Å². The molecule has 1 heterocycles. The van der Waals surface area contributed by atoms with E-state index < -0.39 is 14.9 Å². The molecule has 0 atom stereocenters. The highest BCUT2D eigenvalue weighted by molar-refractivity contribution is 7.92. The minimum atomic E-state index is -3.90. The summed E-state index contributed by atoms with van der Waals surface area (Å²) in [5.41, 5.74) is 5.59. The number of sulfonamides is 1. The molecule has 3 N–H and O–H groups in total. The maximum Gasteiger partial charge on any atom is 0.292 e. The van der Waals surface area contributed by atoms with E-state index in [-0.39, 0.29) is 22.1 Å². The number of aromatic nitrogens is 2. The second-order valence-corrected chi connectivity index (χ2v) is 6.06. The van der Waals surface area contributed by atoms with Crippen LogP contribution in [0.25, 0.3) is 0 Å². The molecule has 0 aliphatic rings. The quantitative estimate of drug-likeness (QED) is 0.492. The molecule has 0 aliphatic heterocycles. The second kappa shape index (κ2) is 5.05. The third-order valence-electron chi connectivity index (χ3n) is 2.75. The lowest BCUT2D eigenvalue weighted by Crippen LogP contribution is -2.15. The van der Waals surface area contributed by atoms with Gasteiger partial charge in [0.1, 0.15) is 11.5 Å². The van der Waals surface area contributed by atoms with Crippen LogP contribution in [0.5, 0.6) is 0 Å². The Morgan fingerprint density at radius 2 is 2.05 bits per heavy atom.